The van der Waals surface area contributed by atoms with E-state index >= 15 is 0 Å². The second-order valence-corrected chi connectivity index (χ2v) is 10.3. The number of benzene rings is 2. The van der Waals surface area contributed by atoms with Crippen LogP contribution in [0.3, 0.4) is 0 Å². The summed E-state index contributed by atoms with van der Waals surface area (Å²) >= 11 is 5.20. The van der Waals surface area contributed by atoms with Gasteiger partial charge < -0.3 is 15.3 Å². The number of carboxylic acid groups (broad SMARTS) is 1. The summed E-state index contributed by atoms with van der Waals surface area (Å²) in [6, 6.07) is 12.0. The summed E-state index contributed by atoms with van der Waals surface area (Å²) in [6.07, 6.45) is 2.06. The van der Waals surface area contributed by atoms with Gasteiger partial charge in [0.05, 0.1) is 0 Å². The van der Waals surface area contributed by atoms with E-state index in [1.54, 1.807) is 18.8 Å². The van der Waals surface area contributed by atoms with E-state index in [1.165, 1.54) is 16.0 Å². The molecule has 0 aliphatic heterocycles. The molecule has 31 heavy (non-hydrogen) atoms. The minimum Gasteiger partial charge on any atom is -0.465 e. The van der Waals surface area contributed by atoms with Gasteiger partial charge >= 0.3 is 6.09 Å². The van der Waals surface area contributed by atoms with Crippen molar-refractivity contribution < 1.29 is 14.7 Å². The van der Waals surface area contributed by atoms with Gasteiger partial charge in [-0.2, -0.15) is 0 Å². The molecule has 0 aromatic heterocycles. The Balaban J connectivity index is 2.01. The van der Waals surface area contributed by atoms with Gasteiger partial charge in [0.1, 0.15) is 0 Å². The fraction of sp³-hybridized carbons (Fsp3) is 0.417. The number of amides is 2. The molecule has 7 heteroatoms. The van der Waals surface area contributed by atoms with E-state index in [2.05, 4.69) is 54.2 Å². The molecule has 0 aliphatic carbocycles. The molecule has 0 fully saturated rings. The summed E-state index contributed by atoms with van der Waals surface area (Å²) < 4.78 is 1.08. The van der Waals surface area contributed by atoms with Crippen molar-refractivity contribution in [3.63, 3.8) is 0 Å². The molecule has 2 aromatic carbocycles. The number of anilines is 1. The van der Waals surface area contributed by atoms with E-state index < -0.39 is 6.09 Å². The quantitative estimate of drug-likeness (QED) is 0.356. The summed E-state index contributed by atoms with van der Waals surface area (Å²) in [4.78, 5) is 26.0. The lowest BCUT2D eigenvalue weighted by Gasteiger charge is -2.18. The van der Waals surface area contributed by atoms with Gasteiger partial charge in [0.25, 0.3) is 0 Å². The van der Waals surface area contributed by atoms with Crippen LogP contribution in [0.15, 0.2) is 45.8 Å². The number of hydrogen-bond donors (Lipinski definition) is 2. The van der Waals surface area contributed by atoms with Gasteiger partial charge in [0, 0.05) is 40.3 Å². The Labute approximate surface area is 197 Å². The smallest absolute Gasteiger partial charge is 0.407 e. The topological polar surface area (TPSA) is 69.6 Å². The van der Waals surface area contributed by atoms with E-state index in [-0.39, 0.29) is 12.5 Å². The third kappa shape index (κ3) is 8.22. The van der Waals surface area contributed by atoms with Crippen molar-refractivity contribution in [2.24, 2.45) is 0 Å². The number of hydrogen-bond acceptors (Lipinski definition) is 3. The van der Waals surface area contributed by atoms with Crippen molar-refractivity contribution in [2.45, 2.75) is 63.1 Å². The van der Waals surface area contributed by atoms with Crippen LogP contribution in [-0.2, 0) is 24.2 Å². The number of carbonyl (C=O) groups excluding carboxylic acids is 1. The Morgan fingerprint density at radius 3 is 2.52 bits per heavy atom. The minimum atomic E-state index is -0.977. The second-order valence-electron chi connectivity index (χ2n) is 7.80. The Hall–Kier alpha value is -1.99. The molecular weight excluding hydrogens is 476 g/mol. The molecule has 0 atom stereocenters. The van der Waals surface area contributed by atoms with E-state index in [4.69, 9.17) is 0 Å². The normalized spacial score (nSPS) is 10.9. The average Bonchev–Trinajstić information content (AvgIpc) is 2.70. The molecule has 0 radical (unpaired) electrons. The highest BCUT2D eigenvalue weighted by atomic mass is 79.9. The first-order valence-electron chi connectivity index (χ1n) is 10.5. The number of thioether (sulfide) groups is 1. The summed E-state index contributed by atoms with van der Waals surface area (Å²) in [5.41, 5.74) is 4.18. The largest absolute Gasteiger partial charge is 0.465 e. The average molecular weight is 507 g/mol. The highest BCUT2D eigenvalue weighted by molar-refractivity contribution is 9.10. The first-order chi connectivity index (χ1) is 14.7. The highest BCUT2D eigenvalue weighted by Gasteiger charge is 2.13. The number of aryl methyl sites for hydroxylation is 2. The number of nitrogens with zero attached hydrogens (tertiary/aromatic N) is 1. The fourth-order valence-electron chi connectivity index (χ4n) is 3.30. The molecule has 2 rings (SSSR count). The number of halogens is 1. The molecule has 0 saturated heterocycles. The fourth-order valence-corrected chi connectivity index (χ4v) is 4.64. The van der Waals surface area contributed by atoms with Crippen LogP contribution in [0.25, 0.3) is 0 Å². The SMILES string of the molecule is CCc1cc(Br)ccc1CCCC(=O)Nc1ccc(SC(C)C)c(CN(C)C(=O)O)c1. The first-order valence-corrected chi connectivity index (χ1v) is 12.2. The van der Waals surface area contributed by atoms with Gasteiger partial charge in [-0.3, -0.25) is 4.79 Å². The Bertz CT molecular complexity index is 918. The molecule has 0 heterocycles. The molecular formula is C24H31BrN2O3S. The molecule has 2 N–H and O–H groups in total. The van der Waals surface area contributed by atoms with Crippen molar-refractivity contribution in [1.29, 1.82) is 0 Å². The Morgan fingerprint density at radius 1 is 1.13 bits per heavy atom. The van der Waals surface area contributed by atoms with Crippen molar-refractivity contribution in [1.82, 2.24) is 4.90 Å². The predicted octanol–water partition coefficient (Wildman–Crippen LogP) is 6.58. The number of rotatable bonds is 10. The summed E-state index contributed by atoms with van der Waals surface area (Å²) in [6.45, 7) is 6.61. The number of nitrogens with one attached hydrogen (secondary N) is 1. The Kier molecular flexibility index (Phi) is 9.91. The third-order valence-corrected chi connectivity index (χ3v) is 6.46. The maximum absolute atomic E-state index is 12.5. The van der Waals surface area contributed by atoms with Gasteiger partial charge in [-0.05, 0) is 66.3 Å². The van der Waals surface area contributed by atoms with Crippen LogP contribution in [0, 0.1) is 0 Å². The maximum atomic E-state index is 12.5. The lowest BCUT2D eigenvalue weighted by atomic mass is 10.00. The van der Waals surface area contributed by atoms with Gasteiger partial charge in [-0.25, -0.2) is 4.79 Å². The summed E-state index contributed by atoms with van der Waals surface area (Å²) in [7, 11) is 1.55. The van der Waals surface area contributed by atoms with Gasteiger partial charge in [-0.15, -0.1) is 11.8 Å². The van der Waals surface area contributed by atoms with E-state index in [0.29, 0.717) is 17.4 Å². The molecule has 0 saturated carbocycles. The lowest BCUT2D eigenvalue weighted by Crippen LogP contribution is -2.24. The monoisotopic (exact) mass is 506 g/mol. The minimum absolute atomic E-state index is 0.0306. The molecule has 0 spiro atoms. The van der Waals surface area contributed by atoms with Crippen LogP contribution in [0.1, 0.15) is 50.3 Å². The zero-order valence-electron chi connectivity index (χ0n) is 18.6. The van der Waals surface area contributed by atoms with Crippen LogP contribution in [0.4, 0.5) is 10.5 Å². The standard InChI is InChI=1S/C24H31BrN2O3S/c1-5-17-13-20(25)10-9-18(17)7-6-8-23(28)26-21-11-12-22(31-16(2)3)19(14-21)15-27(4)24(29)30/h9-14,16H,5-8,15H2,1-4H3,(H,26,28)(H,29,30). The van der Waals surface area contributed by atoms with E-state index in [1.807, 2.05) is 24.3 Å². The van der Waals surface area contributed by atoms with Gasteiger partial charge in [0.2, 0.25) is 5.91 Å². The maximum Gasteiger partial charge on any atom is 0.407 e. The third-order valence-electron chi connectivity index (χ3n) is 4.84. The van der Waals surface area contributed by atoms with Crippen LogP contribution in [-0.4, -0.2) is 34.3 Å². The molecule has 0 unspecified atom stereocenters. The zero-order valence-corrected chi connectivity index (χ0v) is 21.0. The van der Waals surface area contributed by atoms with E-state index in [9.17, 15) is 14.7 Å². The molecule has 0 bridgehead atoms. The second kappa shape index (κ2) is 12.2. The summed E-state index contributed by atoms with van der Waals surface area (Å²) in [5, 5.41) is 12.6. The van der Waals surface area contributed by atoms with Crippen molar-refractivity contribution in [2.75, 3.05) is 12.4 Å². The van der Waals surface area contributed by atoms with Crippen LogP contribution < -0.4 is 5.32 Å². The molecule has 0 aliphatic rings. The molecule has 2 amide bonds. The Morgan fingerprint density at radius 2 is 1.87 bits per heavy atom. The van der Waals surface area contributed by atoms with Gasteiger partial charge in [0.15, 0.2) is 0 Å². The van der Waals surface area contributed by atoms with Gasteiger partial charge in [-0.1, -0.05) is 42.8 Å². The number of carbonyl (C=O) groups is 2. The van der Waals surface area contributed by atoms with Crippen molar-refractivity contribution >= 4 is 45.4 Å². The van der Waals surface area contributed by atoms with Crippen LogP contribution in [0.5, 0.6) is 0 Å². The molecule has 2 aromatic rings. The van der Waals surface area contributed by atoms with Crippen molar-refractivity contribution in [3.05, 3.63) is 57.6 Å². The first kappa shape index (κ1) is 25.3. The zero-order chi connectivity index (χ0) is 23.0. The van der Waals surface area contributed by atoms with Crippen molar-refractivity contribution in [3.8, 4) is 0 Å². The lowest BCUT2D eigenvalue weighted by molar-refractivity contribution is -0.116. The molecule has 5 nitrogen and oxygen atoms in total. The highest BCUT2D eigenvalue weighted by Crippen LogP contribution is 2.30. The van der Waals surface area contributed by atoms with Crippen LogP contribution >= 0.6 is 27.7 Å². The summed E-state index contributed by atoms with van der Waals surface area (Å²) in [5.74, 6) is -0.0306. The molecule has 168 valence electrons. The van der Waals surface area contributed by atoms with E-state index in [0.717, 1.165) is 34.2 Å². The van der Waals surface area contributed by atoms with Crippen LogP contribution in [0.2, 0.25) is 0 Å². The predicted molar refractivity (Wildman–Crippen MR) is 132 cm³/mol.